The molecule has 1 amide bonds. The van der Waals surface area contributed by atoms with Crippen LogP contribution in [-0.4, -0.2) is 56.2 Å². The molecular formula is C16H25N3O2. The smallest absolute Gasteiger partial charge is 0.248 e. The molecule has 1 saturated heterocycles. The van der Waals surface area contributed by atoms with Crippen LogP contribution in [0.4, 0.5) is 5.69 Å². The van der Waals surface area contributed by atoms with Crippen molar-refractivity contribution in [1.82, 2.24) is 9.88 Å². The highest BCUT2D eigenvalue weighted by Crippen LogP contribution is 2.24. The molecule has 5 nitrogen and oxygen atoms in total. The van der Waals surface area contributed by atoms with E-state index in [0.717, 1.165) is 26.1 Å². The molecule has 1 fully saturated rings. The Bertz CT molecular complexity index is 430. The third kappa shape index (κ3) is 4.70. The number of hydrogen-bond acceptors (Lipinski definition) is 4. The molecule has 0 aromatic carbocycles. The van der Waals surface area contributed by atoms with Crippen LogP contribution in [0.2, 0.25) is 0 Å². The molecule has 1 aromatic heterocycles. The number of anilines is 1. The summed E-state index contributed by atoms with van der Waals surface area (Å²) in [4.78, 5) is 19.9. The number of pyridine rings is 1. The summed E-state index contributed by atoms with van der Waals surface area (Å²) < 4.78 is 4.88. The number of aromatic nitrogens is 1. The number of carbonyl (C=O) groups is 1. The van der Waals surface area contributed by atoms with Crippen molar-refractivity contribution in [2.45, 2.75) is 19.3 Å². The highest BCUT2D eigenvalue weighted by Gasteiger charge is 2.20. The highest BCUT2D eigenvalue weighted by molar-refractivity contribution is 5.77. The van der Waals surface area contributed by atoms with Crippen LogP contribution in [0.1, 0.15) is 19.3 Å². The van der Waals surface area contributed by atoms with Crippen molar-refractivity contribution in [3.8, 4) is 0 Å². The minimum Gasteiger partial charge on any atom is -0.375 e. The number of methoxy groups -OCH3 is 1. The molecule has 5 heteroatoms. The zero-order chi connectivity index (χ0) is 15.1. The topological polar surface area (TPSA) is 45.7 Å². The molecule has 0 unspecified atom stereocenters. The van der Waals surface area contributed by atoms with E-state index < -0.39 is 0 Å². The Labute approximate surface area is 126 Å². The normalized spacial score (nSPS) is 16.0. The molecule has 1 aromatic rings. The van der Waals surface area contributed by atoms with Crippen molar-refractivity contribution in [1.29, 1.82) is 0 Å². The van der Waals surface area contributed by atoms with Gasteiger partial charge in [0.15, 0.2) is 0 Å². The van der Waals surface area contributed by atoms with Crippen LogP contribution in [0.25, 0.3) is 0 Å². The third-order valence-electron chi connectivity index (χ3n) is 4.21. The van der Waals surface area contributed by atoms with Gasteiger partial charge in [-0.25, -0.2) is 0 Å². The fourth-order valence-corrected chi connectivity index (χ4v) is 2.77. The van der Waals surface area contributed by atoms with E-state index in [1.807, 2.05) is 19.4 Å². The number of hydrogen-bond donors (Lipinski definition) is 0. The molecule has 2 heterocycles. The molecule has 0 aliphatic carbocycles. The fourth-order valence-electron chi connectivity index (χ4n) is 2.77. The molecular weight excluding hydrogens is 266 g/mol. The molecule has 0 bridgehead atoms. The van der Waals surface area contributed by atoms with Gasteiger partial charge in [0.1, 0.15) is 6.61 Å². The first-order valence-corrected chi connectivity index (χ1v) is 7.58. The van der Waals surface area contributed by atoms with Crippen LogP contribution in [-0.2, 0) is 9.53 Å². The average Bonchev–Trinajstić information content (AvgIpc) is 2.54. The maximum absolute atomic E-state index is 11.6. The maximum atomic E-state index is 11.6. The van der Waals surface area contributed by atoms with Crippen LogP contribution in [0.5, 0.6) is 0 Å². The number of likely N-dealkylation sites (N-methyl/N-ethyl adjacent to an activating group) is 1. The van der Waals surface area contributed by atoms with Gasteiger partial charge in [-0.05, 0) is 37.3 Å². The summed E-state index contributed by atoms with van der Waals surface area (Å²) in [5.74, 6) is 0.771. The van der Waals surface area contributed by atoms with Crippen LogP contribution < -0.4 is 4.90 Å². The summed E-state index contributed by atoms with van der Waals surface area (Å²) in [5.41, 5.74) is 1.26. The Morgan fingerprint density at radius 2 is 2.05 bits per heavy atom. The van der Waals surface area contributed by atoms with Crippen molar-refractivity contribution < 1.29 is 9.53 Å². The highest BCUT2D eigenvalue weighted by atomic mass is 16.5. The molecule has 0 radical (unpaired) electrons. The van der Waals surface area contributed by atoms with Crippen LogP contribution in [0.15, 0.2) is 24.5 Å². The summed E-state index contributed by atoms with van der Waals surface area (Å²) in [6.45, 7) is 3.17. The van der Waals surface area contributed by atoms with Gasteiger partial charge < -0.3 is 14.5 Å². The second-order valence-corrected chi connectivity index (χ2v) is 5.67. The largest absolute Gasteiger partial charge is 0.375 e. The second-order valence-electron chi connectivity index (χ2n) is 5.67. The minimum atomic E-state index is 0.0618. The van der Waals surface area contributed by atoms with Gasteiger partial charge in [-0.15, -0.1) is 0 Å². The van der Waals surface area contributed by atoms with Crippen molar-refractivity contribution in [2.24, 2.45) is 5.92 Å². The third-order valence-corrected chi connectivity index (χ3v) is 4.21. The van der Waals surface area contributed by atoms with Gasteiger partial charge in [0, 0.05) is 51.9 Å². The summed E-state index contributed by atoms with van der Waals surface area (Å²) in [6, 6.07) is 4.13. The molecule has 1 aliphatic rings. The van der Waals surface area contributed by atoms with E-state index in [9.17, 15) is 4.79 Å². The van der Waals surface area contributed by atoms with Crippen molar-refractivity contribution in [2.75, 3.05) is 45.3 Å². The number of rotatable bonds is 6. The number of carbonyl (C=O) groups excluding carboxylic acids is 1. The zero-order valence-electron chi connectivity index (χ0n) is 13.0. The summed E-state index contributed by atoms with van der Waals surface area (Å²) in [7, 11) is 3.41. The monoisotopic (exact) mass is 291 g/mol. The molecule has 21 heavy (non-hydrogen) atoms. The first kappa shape index (κ1) is 15.8. The molecule has 116 valence electrons. The maximum Gasteiger partial charge on any atom is 0.248 e. The van der Waals surface area contributed by atoms with E-state index in [0.29, 0.717) is 5.92 Å². The Hall–Kier alpha value is -1.62. The zero-order valence-corrected chi connectivity index (χ0v) is 13.0. The van der Waals surface area contributed by atoms with E-state index in [1.165, 1.54) is 18.5 Å². The van der Waals surface area contributed by atoms with Gasteiger partial charge in [-0.3, -0.25) is 9.78 Å². The first-order valence-electron chi connectivity index (χ1n) is 7.58. The molecule has 2 rings (SSSR count). The Morgan fingerprint density at radius 3 is 2.67 bits per heavy atom. The Kier molecular flexibility index (Phi) is 5.99. The number of ether oxygens (including phenoxy) is 1. The predicted molar refractivity (Wildman–Crippen MR) is 83.3 cm³/mol. The average molecular weight is 291 g/mol. The van der Waals surface area contributed by atoms with Gasteiger partial charge in [-0.2, -0.15) is 0 Å². The number of nitrogens with zero attached hydrogens (tertiary/aromatic N) is 3. The van der Waals surface area contributed by atoms with Gasteiger partial charge in [0.25, 0.3) is 0 Å². The molecule has 0 atom stereocenters. The van der Waals surface area contributed by atoms with Crippen LogP contribution in [0, 0.1) is 5.92 Å². The van der Waals surface area contributed by atoms with E-state index >= 15 is 0 Å². The minimum absolute atomic E-state index is 0.0618. The quantitative estimate of drug-likeness (QED) is 0.801. The van der Waals surface area contributed by atoms with Gasteiger partial charge >= 0.3 is 0 Å². The summed E-state index contributed by atoms with van der Waals surface area (Å²) >= 11 is 0. The predicted octanol–water partition coefficient (Wildman–Crippen LogP) is 1.79. The fraction of sp³-hybridized carbons (Fsp3) is 0.625. The summed E-state index contributed by atoms with van der Waals surface area (Å²) in [5, 5.41) is 0. The SMILES string of the molecule is COCC(=O)N(C)CCC1CCN(c2ccncc2)CC1. The molecule has 0 spiro atoms. The lowest BCUT2D eigenvalue weighted by molar-refractivity contribution is -0.133. The molecule has 0 N–H and O–H groups in total. The van der Waals surface area contributed by atoms with E-state index in [4.69, 9.17) is 4.74 Å². The van der Waals surface area contributed by atoms with Gasteiger partial charge in [0.05, 0.1) is 0 Å². The summed E-state index contributed by atoms with van der Waals surface area (Å²) in [6.07, 6.45) is 7.15. The van der Waals surface area contributed by atoms with Gasteiger partial charge in [0.2, 0.25) is 5.91 Å². The van der Waals surface area contributed by atoms with Crippen molar-refractivity contribution in [3.05, 3.63) is 24.5 Å². The van der Waals surface area contributed by atoms with E-state index in [1.54, 1.807) is 12.0 Å². The number of piperidine rings is 1. The van der Waals surface area contributed by atoms with Gasteiger partial charge in [-0.1, -0.05) is 0 Å². The van der Waals surface area contributed by atoms with E-state index in [-0.39, 0.29) is 12.5 Å². The van der Waals surface area contributed by atoms with Crippen molar-refractivity contribution in [3.63, 3.8) is 0 Å². The van der Waals surface area contributed by atoms with Crippen LogP contribution in [0.3, 0.4) is 0 Å². The Balaban J connectivity index is 1.71. The van der Waals surface area contributed by atoms with Crippen LogP contribution >= 0.6 is 0 Å². The first-order chi connectivity index (χ1) is 10.2. The van der Waals surface area contributed by atoms with E-state index in [2.05, 4.69) is 22.0 Å². The Morgan fingerprint density at radius 1 is 1.38 bits per heavy atom. The molecule has 0 saturated carbocycles. The second kappa shape index (κ2) is 7.98. The lowest BCUT2D eigenvalue weighted by Crippen LogP contribution is -2.36. The van der Waals surface area contributed by atoms with Crippen molar-refractivity contribution >= 4 is 11.6 Å². The molecule has 1 aliphatic heterocycles. The lowest BCUT2D eigenvalue weighted by atomic mass is 9.93. The lowest BCUT2D eigenvalue weighted by Gasteiger charge is -2.34. The number of amides is 1. The standard InChI is InChI=1S/C16H25N3O2/c1-18(16(20)13-21-2)10-5-14-6-11-19(12-7-14)15-3-8-17-9-4-15/h3-4,8-9,14H,5-7,10-13H2,1-2H3.